The van der Waals surface area contributed by atoms with Crippen LogP contribution in [0.15, 0.2) is 30.3 Å². The van der Waals surface area contributed by atoms with Crippen molar-refractivity contribution in [3.05, 3.63) is 41.7 Å². The van der Waals surface area contributed by atoms with Gasteiger partial charge in [-0.2, -0.15) is 0 Å². The summed E-state index contributed by atoms with van der Waals surface area (Å²) in [5.41, 5.74) is 1.28. The van der Waals surface area contributed by atoms with Crippen molar-refractivity contribution >= 4 is 5.91 Å². The molecule has 0 unspecified atom stereocenters. The first-order valence-electron chi connectivity index (χ1n) is 9.11. The van der Waals surface area contributed by atoms with E-state index in [0.717, 1.165) is 25.5 Å². The Morgan fingerprint density at radius 3 is 2.85 bits per heavy atom. The van der Waals surface area contributed by atoms with Gasteiger partial charge in [0, 0.05) is 26.1 Å². The summed E-state index contributed by atoms with van der Waals surface area (Å²) in [5.74, 6) is 0.885. The number of ether oxygens (including phenoxy) is 1. The molecule has 2 aliphatic rings. The first-order chi connectivity index (χ1) is 12.7. The SMILES string of the molecule is Cc1nnnn1CCC(=O)N1CCN2[C@@H](COC[C@@H]2c2ccccc2)C1. The number of nitrogens with zero attached hydrogens (tertiary/aromatic N) is 6. The van der Waals surface area contributed by atoms with E-state index in [1.54, 1.807) is 4.68 Å². The smallest absolute Gasteiger partial charge is 0.224 e. The molecule has 26 heavy (non-hydrogen) atoms. The van der Waals surface area contributed by atoms with E-state index < -0.39 is 0 Å². The molecular formula is C18H24N6O2. The standard InChI is InChI=1S/C18H24N6O2/c1-14-19-20-21-24(14)8-7-18(25)22-9-10-23-16(11-22)12-26-13-17(23)15-5-3-2-4-6-15/h2-6,16-17H,7-13H2,1H3/t16-,17-/m1/s1. The van der Waals surface area contributed by atoms with Gasteiger partial charge in [-0.1, -0.05) is 30.3 Å². The third kappa shape index (κ3) is 3.47. The highest BCUT2D eigenvalue weighted by molar-refractivity contribution is 5.76. The Hall–Kier alpha value is -2.32. The van der Waals surface area contributed by atoms with Gasteiger partial charge in [0.1, 0.15) is 5.82 Å². The summed E-state index contributed by atoms with van der Waals surface area (Å²) in [5, 5.41) is 11.4. The Morgan fingerprint density at radius 1 is 1.23 bits per heavy atom. The molecule has 138 valence electrons. The molecule has 0 N–H and O–H groups in total. The van der Waals surface area contributed by atoms with E-state index in [-0.39, 0.29) is 18.0 Å². The fourth-order valence-corrected chi connectivity index (χ4v) is 3.84. The summed E-state index contributed by atoms with van der Waals surface area (Å²) in [4.78, 5) is 17.1. The van der Waals surface area contributed by atoms with Gasteiger partial charge in [0.15, 0.2) is 0 Å². The number of aryl methyl sites for hydroxylation is 2. The van der Waals surface area contributed by atoms with Crippen LogP contribution in [0, 0.1) is 6.92 Å². The summed E-state index contributed by atoms with van der Waals surface area (Å²) in [7, 11) is 0. The number of benzene rings is 1. The van der Waals surface area contributed by atoms with Crippen molar-refractivity contribution in [2.45, 2.75) is 32.0 Å². The van der Waals surface area contributed by atoms with Gasteiger partial charge in [-0.3, -0.25) is 9.69 Å². The maximum atomic E-state index is 12.6. The van der Waals surface area contributed by atoms with E-state index >= 15 is 0 Å². The molecule has 1 amide bonds. The lowest BCUT2D eigenvalue weighted by Crippen LogP contribution is -2.60. The van der Waals surface area contributed by atoms with Crippen LogP contribution in [0.25, 0.3) is 0 Å². The fraction of sp³-hybridized carbons (Fsp3) is 0.556. The molecule has 2 saturated heterocycles. The molecule has 0 aliphatic carbocycles. The van der Waals surface area contributed by atoms with Crippen LogP contribution in [0.3, 0.4) is 0 Å². The average Bonchev–Trinajstić information content (AvgIpc) is 3.10. The molecule has 1 aromatic carbocycles. The van der Waals surface area contributed by atoms with Crippen LogP contribution in [0.4, 0.5) is 0 Å². The van der Waals surface area contributed by atoms with Crippen molar-refractivity contribution < 1.29 is 9.53 Å². The second kappa shape index (κ2) is 7.51. The first kappa shape index (κ1) is 17.1. The zero-order valence-corrected chi connectivity index (χ0v) is 15.0. The molecule has 2 fully saturated rings. The van der Waals surface area contributed by atoms with Crippen LogP contribution in [0.5, 0.6) is 0 Å². The Bertz CT molecular complexity index is 749. The number of tetrazole rings is 1. The molecule has 0 bridgehead atoms. The molecule has 2 aliphatic heterocycles. The molecule has 0 spiro atoms. The van der Waals surface area contributed by atoms with Crippen LogP contribution in [0.2, 0.25) is 0 Å². The number of aromatic nitrogens is 4. The first-order valence-corrected chi connectivity index (χ1v) is 9.11. The summed E-state index contributed by atoms with van der Waals surface area (Å²) >= 11 is 0. The predicted molar refractivity (Wildman–Crippen MR) is 94.2 cm³/mol. The van der Waals surface area contributed by atoms with E-state index in [1.165, 1.54) is 5.56 Å². The minimum atomic E-state index is 0.154. The van der Waals surface area contributed by atoms with E-state index in [2.05, 4.69) is 44.7 Å². The molecular weight excluding hydrogens is 332 g/mol. The van der Waals surface area contributed by atoms with Gasteiger partial charge in [0.25, 0.3) is 0 Å². The summed E-state index contributed by atoms with van der Waals surface area (Å²) < 4.78 is 7.53. The monoisotopic (exact) mass is 356 g/mol. The Morgan fingerprint density at radius 2 is 2.08 bits per heavy atom. The highest BCUT2D eigenvalue weighted by atomic mass is 16.5. The van der Waals surface area contributed by atoms with Gasteiger partial charge >= 0.3 is 0 Å². The average molecular weight is 356 g/mol. The lowest BCUT2D eigenvalue weighted by atomic mass is 10.00. The van der Waals surface area contributed by atoms with Gasteiger partial charge in [0.05, 0.1) is 31.8 Å². The Kier molecular flexibility index (Phi) is 4.94. The molecule has 0 saturated carbocycles. The van der Waals surface area contributed by atoms with E-state index in [0.29, 0.717) is 26.2 Å². The highest BCUT2D eigenvalue weighted by Gasteiger charge is 2.37. The second-order valence-corrected chi connectivity index (χ2v) is 6.89. The van der Waals surface area contributed by atoms with Gasteiger partial charge in [-0.15, -0.1) is 5.10 Å². The number of rotatable bonds is 4. The topological polar surface area (TPSA) is 76.4 Å². The molecule has 2 atom stereocenters. The quantitative estimate of drug-likeness (QED) is 0.801. The molecule has 0 radical (unpaired) electrons. The van der Waals surface area contributed by atoms with Gasteiger partial charge in [0.2, 0.25) is 5.91 Å². The van der Waals surface area contributed by atoms with Crippen LogP contribution in [-0.4, -0.2) is 74.8 Å². The van der Waals surface area contributed by atoms with E-state index in [1.807, 2.05) is 17.9 Å². The highest BCUT2D eigenvalue weighted by Crippen LogP contribution is 2.29. The largest absolute Gasteiger partial charge is 0.378 e. The van der Waals surface area contributed by atoms with Crippen molar-refractivity contribution in [1.82, 2.24) is 30.0 Å². The maximum absolute atomic E-state index is 12.6. The minimum Gasteiger partial charge on any atom is -0.378 e. The van der Waals surface area contributed by atoms with Crippen LogP contribution >= 0.6 is 0 Å². The number of amides is 1. The van der Waals surface area contributed by atoms with Crippen LogP contribution in [-0.2, 0) is 16.1 Å². The molecule has 8 nitrogen and oxygen atoms in total. The lowest BCUT2D eigenvalue weighted by molar-refractivity contribution is -0.140. The summed E-state index contributed by atoms with van der Waals surface area (Å²) in [6.45, 7) is 6.11. The number of fused-ring (bicyclic) bond motifs is 1. The third-order valence-electron chi connectivity index (χ3n) is 5.30. The zero-order valence-electron chi connectivity index (χ0n) is 15.0. The number of piperazine rings is 1. The van der Waals surface area contributed by atoms with Crippen molar-refractivity contribution in [1.29, 1.82) is 0 Å². The number of morpholine rings is 1. The molecule has 8 heteroatoms. The van der Waals surface area contributed by atoms with E-state index in [9.17, 15) is 4.79 Å². The molecule has 4 rings (SSSR count). The molecule has 2 aromatic rings. The Labute approximate surface area is 152 Å². The third-order valence-corrected chi connectivity index (χ3v) is 5.30. The normalized spacial score (nSPS) is 23.7. The minimum absolute atomic E-state index is 0.154. The second-order valence-electron chi connectivity index (χ2n) is 6.89. The molecule has 1 aromatic heterocycles. The number of hydrogen-bond acceptors (Lipinski definition) is 6. The van der Waals surface area contributed by atoms with Crippen LogP contribution < -0.4 is 0 Å². The number of carbonyl (C=O) groups is 1. The van der Waals surface area contributed by atoms with Crippen molar-refractivity contribution in [3.8, 4) is 0 Å². The number of hydrogen-bond donors (Lipinski definition) is 0. The van der Waals surface area contributed by atoms with Gasteiger partial charge < -0.3 is 9.64 Å². The maximum Gasteiger partial charge on any atom is 0.224 e. The van der Waals surface area contributed by atoms with E-state index in [4.69, 9.17) is 4.74 Å². The number of carbonyl (C=O) groups excluding carboxylic acids is 1. The van der Waals surface area contributed by atoms with Crippen molar-refractivity contribution in [2.75, 3.05) is 32.8 Å². The lowest BCUT2D eigenvalue weighted by Gasteiger charge is -2.48. The van der Waals surface area contributed by atoms with Crippen LogP contribution in [0.1, 0.15) is 23.9 Å². The van der Waals surface area contributed by atoms with Crippen molar-refractivity contribution in [3.63, 3.8) is 0 Å². The predicted octanol–water partition coefficient (Wildman–Crippen LogP) is 0.656. The fourth-order valence-electron chi connectivity index (χ4n) is 3.84. The Balaban J connectivity index is 1.37. The van der Waals surface area contributed by atoms with Crippen molar-refractivity contribution in [2.24, 2.45) is 0 Å². The zero-order chi connectivity index (χ0) is 17.9. The van der Waals surface area contributed by atoms with Gasteiger partial charge in [-0.05, 0) is 22.9 Å². The van der Waals surface area contributed by atoms with Gasteiger partial charge in [-0.25, -0.2) is 4.68 Å². The summed E-state index contributed by atoms with van der Waals surface area (Å²) in [6, 6.07) is 11.0. The summed E-state index contributed by atoms with van der Waals surface area (Å²) in [6.07, 6.45) is 0.418. The molecule has 3 heterocycles.